The molecule has 5 nitrogen and oxygen atoms in total. The summed E-state index contributed by atoms with van der Waals surface area (Å²) in [5.41, 5.74) is 5.56. The smallest absolute Gasteiger partial charge is 0.404 e. The predicted octanol–water partition coefficient (Wildman–Crippen LogP) is 2.19. The summed E-state index contributed by atoms with van der Waals surface area (Å²) < 4.78 is 33.0. The highest BCUT2D eigenvalue weighted by Gasteiger charge is 2.16. The van der Waals surface area contributed by atoms with Gasteiger partial charge in [-0.1, -0.05) is 0 Å². The van der Waals surface area contributed by atoms with Gasteiger partial charge in [0.15, 0.2) is 11.6 Å². The van der Waals surface area contributed by atoms with Crippen LogP contribution in [0.2, 0.25) is 0 Å². The molecule has 1 aromatic carbocycles. The van der Waals surface area contributed by atoms with E-state index in [2.05, 4.69) is 4.74 Å². The number of rotatable bonds is 3. The molecular formula is C13H11F2N3O2. The third-order valence-electron chi connectivity index (χ3n) is 3.02. The number of amides is 1. The van der Waals surface area contributed by atoms with E-state index in [4.69, 9.17) is 11.0 Å². The number of primary amides is 1. The van der Waals surface area contributed by atoms with E-state index in [9.17, 15) is 13.6 Å². The zero-order valence-corrected chi connectivity index (χ0v) is 10.6. The van der Waals surface area contributed by atoms with Crippen molar-refractivity contribution >= 4 is 17.0 Å². The second-order valence-electron chi connectivity index (χ2n) is 4.19. The zero-order valence-electron chi connectivity index (χ0n) is 10.6. The Hall–Kier alpha value is -2.62. The van der Waals surface area contributed by atoms with Crippen LogP contribution >= 0.6 is 0 Å². The lowest BCUT2D eigenvalue weighted by Gasteiger charge is -2.08. The van der Waals surface area contributed by atoms with Gasteiger partial charge in [-0.3, -0.25) is 0 Å². The molecule has 0 aliphatic rings. The van der Waals surface area contributed by atoms with Crippen molar-refractivity contribution in [1.82, 2.24) is 4.57 Å². The van der Waals surface area contributed by atoms with E-state index in [1.807, 2.05) is 6.07 Å². The molecule has 0 fully saturated rings. The normalized spacial score (nSPS) is 10.5. The SMILES string of the molecule is Cc1c(F)c(F)cc2c1cc(C#N)n2CCOC(N)=O. The van der Waals surface area contributed by atoms with E-state index in [1.54, 1.807) is 0 Å². The molecule has 0 aliphatic heterocycles. The van der Waals surface area contributed by atoms with Gasteiger partial charge in [0.2, 0.25) is 0 Å². The van der Waals surface area contributed by atoms with Crippen LogP contribution < -0.4 is 5.73 Å². The Bertz CT molecular complexity index is 732. The van der Waals surface area contributed by atoms with E-state index < -0.39 is 17.7 Å². The summed E-state index contributed by atoms with van der Waals surface area (Å²) >= 11 is 0. The molecule has 0 bridgehead atoms. The van der Waals surface area contributed by atoms with Gasteiger partial charge in [-0.15, -0.1) is 0 Å². The maximum Gasteiger partial charge on any atom is 0.404 e. The van der Waals surface area contributed by atoms with Crippen molar-refractivity contribution in [2.45, 2.75) is 13.5 Å². The molecule has 104 valence electrons. The molecule has 1 heterocycles. The average molecular weight is 279 g/mol. The Morgan fingerprint density at radius 3 is 2.80 bits per heavy atom. The topological polar surface area (TPSA) is 81.0 Å². The summed E-state index contributed by atoms with van der Waals surface area (Å²) in [6.07, 6.45) is -0.937. The average Bonchev–Trinajstić information content (AvgIpc) is 2.74. The lowest BCUT2D eigenvalue weighted by molar-refractivity contribution is 0.152. The molecule has 0 saturated carbocycles. The molecule has 20 heavy (non-hydrogen) atoms. The first-order valence-corrected chi connectivity index (χ1v) is 5.76. The molecule has 0 spiro atoms. The van der Waals surface area contributed by atoms with Gasteiger partial charge in [0.25, 0.3) is 0 Å². The van der Waals surface area contributed by atoms with Gasteiger partial charge in [-0.2, -0.15) is 5.26 Å². The van der Waals surface area contributed by atoms with Crippen LogP contribution in [0.25, 0.3) is 10.9 Å². The van der Waals surface area contributed by atoms with Crippen LogP contribution in [0.5, 0.6) is 0 Å². The second-order valence-corrected chi connectivity index (χ2v) is 4.19. The van der Waals surface area contributed by atoms with Crippen molar-refractivity contribution in [3.63, 3.8) is 0 Å². The van der Waals surface area contributed by atoms with Crippen molar-refractivity contribution in [3.8, 4) is 6.07 Å². The van der Waals surface area contributed by atoms with E-state index in [0.29, 0.717) is 10.9 Å². The molecule has 2 aromatic rings. The highest BCUT2D eigenvalue weighted by atomic mass is 19.2. The van der Waals surface area contributed by atoms with E-state index >= 15 is 0 Å². The van der Waals surface area contributed by atoms with Crippen LogP contribution in [0.15, 0.2) is 12.1 Å². The number of carbonyl (C=O) groups is 1. The number of hydrogen-bond acceptors (Lipinski definition) is 3. The summed E-state index contributed by atoms with van der Waals surface area (Å²) in [7, 11) is 0. The number of hydrogen-bond donors (Lipinski definition) is 1. The van der Waals surface area contributed by atoms with Crippen LogP contribution in [0.3, 0.4) is 0 Å². The minimum atomic E-state index is -0.991. The Kier molecular flexibility index (Phi) is 3.57. The minimum Gasteiger partial charge on any atom is -0.448 e. The molecular weight excluding hydrogens is 268 g/mol. The number of nitrogens with zero attached hydrogens (tertiary/aromatic N) is 2. The van der Waals surface area contributed by atoms with Gasteiger partial charge in [0.05, 0.1) is 12.1 Å². The number of carbonyl (C=O) groups excluding carboxylic acids is 1. The number of aromatic nitrogens is 1. The fraction of sp³-hybridized carbons (Fsp3) is 0.231. The molecule has 1 aromatic heterocycles. The lowest BCUT2D eigenvalue weighted by atomic mass is 10.1. The summed E-state index contributed by atoms with van der Waals surface area (Å²) in [5, 5.41) is 9.51. The first kappa shape index (κ1) is 13.8. The predicted molar refractivity (Wildman–Crippen MR) is 66.8 cm³/mol. The molecule has 7 heteroatoms. The second kappa shape index (κ2) is 5.17. The number of benzene rings is 1. The van der Waals surface area contributed by atoms with E-state index in [0.717, 1.165) is 6.07 Å². The van der Waals surface area contributed by atoms with Crippen molar-refractivity contribution < 1.29 is 18.3 Å². The van der Waals surface area contributed by atoms with Crippen LogP contribution in [0.1, 0.15) is 11.3 Å². The van der Waals surface area contributed by atoms with Gasteiger partial charge in [-0.25, -0.2) is 13.6 Å². The molecule has 0 radical (unpaired) electrons. The fourth-order valence-corrected chi connectivity index (χ4v) is 2.07. The number of aryl methyl sites for hydroxylation is 1. The van der Waals surface area contributed by atoms with Gasteiger partial charge in [-0.05, 0) is 18.6 Å². The standard InChI is InChI=1S/C13H11F2N3O2/c1-7-9-4-8(6-16)18(2-3-20-13(17)19)11(9)5-10(14)12(7)15/h4-5H,2-3H2,1H3,(H2,17,19). The number of nitriles is 1. The lowest BCUT2D eigenvalue weighted by Crippen LogP contribution is -2.17. The van der Waals surface area contributed by atoms with Crippen LogP contribution in [0.4, 0.5) is 13.6 Å². The first-order valence-electron chi connectivity index (χ1n) is 5.76. The number of nitrogens with two attached hydrogens (primary N) is 1. The van der Waals surface area contributed by atoms with E-state index in [-0.39, 0.29) is 24.4 Å². The molecule has 2 rings (SSSR count). The number of halogens is 2. The monoisotopic (exact) mass is 279 g/mol. The van der Waals surface area contributed by atoms with Crippen molar-refractivity contribution in [3.05, 3.63) is 35.0 Å². The number of fused-ring (bicyclic) bond motifs is 1. The third kappa shape index (κ3) is 2.28. The Morgan fingerprint density at radius 1 is 1.50 bits per heavy atom. The van der Waals surface area contributed by atoms with Gasteiger partial charge >= 0.3 is 6.09 Å². The minimum absolute atomic E-state index is 0.0637. The van der Waals surface area contributed by atoms with Crippen LogP contribution in [0, 0.1) is 29.9 Å². The molecule has 0 atom stereocenters. The van der Waals surface area contributed by atoms with Crippen LogP contribution in [-0.2, 0) is 11.3 Å². The first-order chi connectivity index (χ1) is 9.45. The molecule has 1 amide bonds. The van der Waals surface area contributed by atoms with E-state index in [1.165, 1.54) is 17.6 Å². The summed E-state index contributed by atoms with van der Waals surface area (Å²) in [5.74, 6) is -1.93. The van der Waals surface area contributed by atoms with Gasteiger partial charge in [0, 0.05) is 11.5 Å². The molecule has 0 saturated heterocycles. The molecule has 0 aliphatic carbocycles. The molecule has 0 unspecified atom stereocenters. The van der Waals surface area contributed by atoms with Gasteiger partial charge in [0.1, 0.15) is 18.4 Å². The van der Waals surface area contributed by atoms with Crippen LogP contribution in [-0.4, -0.2) is 17.3 Å². The highest BCUT2D eigenvalue weighted by molar-refractivity contribution is 5.85. The maximum absolute atomic E-state index is 13.5. The zero-order chi connectivity index (χ0) is 14.9. The Balaban J connectivity index is 2.52. The quantitative estimate of drug-likeness (QED) is 0.935. The summed E-state index contributed by atoms with van der Waals surface area (Å²) in [6, 6.07) is 4.42. The Labute approximate surface area is 113 Å². The van der Waals surface area contributed by atoms with Gasteiger partial charge < -0.3 is 15.0 Å². The van der Waals surface area contributed by atoms with Crippen molar-refractivity contribution in [2.75, 3.05) is 6.61 Å². The highest BCUT2D eigenvalue weighted by Crippen LogP contribution is 2.27. The molecule has 2 N–H and O–H groups in total. The maximum atomic E-state index is 13.5. The third-order valence-corrected chi connectivity index (χ3v) is 3.02. The number of ether oxygens (including phenoxy) is 1. The summed E-state index contributed by atoms with van der Waals surface area (Å²) in [6.45, 7) is 1.50. The largest absolute Gasteiger partial charge is 0.448 e. The van der Waals surface area contributed by atoms with Crippen molar-refractivity contribution in [1.29, 1.82) is 5.26 Å². The summed E-state index contributed by atoms with van der Waals surface area (Å²) in [4.78, 5) is 10.5. The fourth-order valence-electron chi connectivity index (χ4n) is 2.07. The Morgan fingerprint density at radius 2 is 2.20 bits per heavy atom. The van der Waals surface area contributed by atoms with Crippen molar-refractivity contribution in [2.24, 2.45) is 5.73 Å².